The minimum absolute atomic E-state index is 0.0296. The van der Waals surface area contributed by atoms with Crippen LogP contribution >= 0.6 is 0 Å². The van der Waals surface area contributed by atoms with E-state index in [4.69, 9.17) is 14.2 Å². The molecule has 0 N–H and O–H groups in total. The lowest BCUT2D eigenvalue weighted by Gasteiger charge is -2.42. The predicted octanol–water partition coefficient (Wildman–Crippen LogP) is 6.83. The molecule has 0 aromatic heterocycles. The molecule has 8 heteroatoms. The molecule has 0 radical (unpaired) electrons. The van der Waals surface area contributed by atoms with Gasteiger partial charge in [0.25, 0.3) is 6.02 Å². The zero-order chi connectivity index (χ0) is 28.3. The fourth-order valence-corrected chi connectivity index (χ4v) is 4.90. The lowest BCUT2D eigenvalue weighted by Crippen LogP contribution is -2.54. The van der Waals surface area contributed by atoms with E-state index in [-0.39, 0.29) is 18.1 Å². The molecule has 4 rings (SSSR count). The first-order valence-corrected chi connectivity index (χ1v) is 12.9. The second-order valence-corrected chi connectivity index (χ2v) is 10.1. The first-order valence-electron chi connectivity index (χ1n) is 12.9. The highest BCUT2D eigenvalue weighted by Crippen LogP contribution is 2.41. The molecular weight excluding hydrogens is 505 g/mol. The average molecular weight is 541 g/mol. The fraction of sp³-hybridized carbons (Fsp3) is 0.387. The van der Waals surface area contributed by atoms with E-state index in [2.05, 4.69) is 4.99 Å². The number of nitrogens with zero attached hydrogens (tertiary/aromatic N) is 2. The highest BCUT2D eigenvalue weighted by Gasteiger charge is 2.51. The maximum atomic E-state index is 15.9. The molecule has 0 saturated carbocycles. The second kappa shape index (κ2) is 11.6. The van der Waals surface area contributed by atoms with Gasteiger partial charge in [0.2, 0.25) is 0 Å². The summed E-state index contributed by atoms with van der Waals surface area (Å²) in [4.78, 5) is 6.47. The molecule has 5 nitrogen and oxygen atoms in total. The molecule has 4 atom stereocenters. The summed E-state index contributed by atoms with van der Waals surface area (Å²) in [5, 5.41) is 0. The Kier molecular flexibility index (Phi) is 8.42. The summed E-state index contributed by atoms with van der Waals surface area (Å²) in [6.45, 7) is 7.22. The highest BCUT2D eigenvalue weighted by molar-refractivity contribution is 5.76. The van der Waals surface area contributed by atoms with Crippen LogP contribution in [0.4, 0.5) is 13.2 Å². The Morgan fingerprint density at radius 2 is 1.69 bits per heavy atom. The van der Waals surface area contributed by atoms with Crippen LogP contribution in [0.5, 0.6) is 11.5 Å². The van der Waals surface area contributed by atoms with Crippen LogP contribution in [0.15, 0.2) is 65.7 Å². The lowest BCUT2D eigenvalue weighted by molar-refractivity contribution is -0.0355. The number of benzene rings is 3. The van der Waals surface area contributed by atoms with E-state index in [1.165, 1.54) is 32.0 Å². The van der Waals surface area contributed by atoms with Crippen molar-refractivity contribution in [3.8, 4) is 11.5 Å². The topological polar surface area (TPSA) is 43.3 Å². The molecule has 0 aliphatic carbocycles. The first kappa shape index (κ1) is 28.3. The van der Waals surface area contributed by atoms with Crippen LogP contribution in [-0.2, 0) is 23.4 Å². The maximum absolute atomic E-state index is 15.9. The first-order chi connectivity index (χ1) is 18.6. The largest absolute Gasteiger partial charge is 0.497 e. The van der Waals surface area contributed by atoms with Crippen LogP contribution in [0.3, 0.4) is 0 Å². The van der Waals surface area contributed by atoms with E-state index in [0.717, 1.165) is 22.3 Å². The SMILES string of the molecule is COc1ccc(CN(Cc2ccc(C)cc2OC)C2=N[C@](C)(c3ccccc3F)[C@@H](F)[C@@H]([C@@H](C)F)O2)c(C)c1. The molecule has 3 aromatic carbocycles. The Labute approximate surface area is 228 Å². The third-order valence-electron chi connectivity index (χ3n) is 7.25. The highest BCUT2D eigenvalue weighted by atomic mass is 19.1. The Morgan fingerprint density at radius 1 is 1.00 bits per heavy atom. The van der Waals surface area contributed by atoms with Crippen LogP contribution in [0.2, 0.25) is 0 Å². The Bertz CT molecular complexity index is 1350. The number of rotatable bonds is 8. The Morgan fingerprint density at radius 3 is 2.33 bits per heavy atom. The molecule has 1 aliphatic rings. The molecule has 0 fully saturated rings. The van der Waals surface area contributed by atoms with Gasteiger partial charge >= 0.3 is 0 Å². The van der Waals surface area contributed by atoms with Gasteiger partial charge in [-0.3, -0.25) is 0 Å². The molecule has 0 amide bonds. The molecule has 39 heavy (non-hydrogen) atoms. The van der Waals surface area contributed by atoms with Crippen LogP contribution in [-0.4, -0.2) is 43.6 Å². The average Bonchev–Trinajstić information content (AvgIpc) is 2.91. The zero-order valence-corrected chi connectivity index (χ0v) is 23.2. The molecule has 0 saturated heterocycles. The number of aryl methyl sites for hydroxylation is 2. The Hall–Kier alpha value is -3.68. The summed E-state index contributed by atoms with van der Waals surface area (Å²) >= 11 is 0. The number of alkyl halides is 2. The van der Waals surface area contributed by atoms with Crippen molar-refractivity contribution < 1.29 is 27.4 Å². The number of hydrogen-bond acceptors (Lipinski definition) is 5. The molecule has 0 unspecified atom stereocenters. The van der Waals surface area contributed by atoms with Crippen molar-refractivity contribution in [1.82, 2.24) is 4.90 Å². The molecule has 0 bridgehead atoms. The summed E-state index contributed by atoms with van der Waals surface area (Å²) in [7, 11) is 3.19. The van der Waals surface area contributed by atoms with Crippen molar-refractivity contribution >= 4 is 6.02 Å². The van der Waals surface area contributed by atoms with Crippen LogP contribution < -0.4 is 9.47 Å². The number of methoxy groups -OCH3 is 2. The van der Waals surface area contributed by atoms with Gasteiger partial charge in [0.05, 0.1) is 20.8 Å². The normalized spacial score (nSPS) is 21.5. The van der Waals surface area contributed by atoms with Gasteiger partial charge in [-0.1, -0.05) is 36.4 Å². The number of halogens is 3. The van der Waals surface area contributed by atoms with Crippen molar-refractivity contribution in [2.45, 2.75) is 64.8 Å². The van der Waals surface area contributed by atoms with Gasteiger partial charge in [-0.15, -0.1) is 0 Å². The third kappa shape index (κ3) is 5.84. The van der Waals surface area contributed by atoms with E-state index >= 15 is 4.39 Å². The van der Waals surface area contributed by atoms with Crippen molar-refractivity contribution in [3.05, 3.63) is 94.3 Å². The van der Waals surface area contributed by atoms with E-state index in [1.54, 1.807) is 20.3 Å². The number of hydrogen-bond donors (Lipinski definition) is 0. The monoisotopic (exact) mass is 540 g/mol. The summed E-state index contributed by atoms with van der Waals surface area (Å²) < 4.78 is 62.7. The van der Waals surface area contributed by atoms with E-state index in [1.807, 2.05) is 55.1 Å². The van der Waals surface area contributed by atoms with Gasteiger partial charge in [-0.2, -0.15) is 0 Å². The van der Waals surface area contributed by atoms with Gasteiger partial charge in [0.15, 0.2) is 12.3 Å². The lowest BCUT2D eigenvalue weighted by atomic mass is 9.83. The minimum atomic E-state index is -1.92. The molecule has 3 aromatic rings. The van der Waals surface area contributed by atoms with Crippen molar-refractivity contribution in [3.63, 3.8) is 0 Å². The van der Waals surface area contributed by atoms with Gasteiger partial charge in [0.1, 0.15) is 29.0 Å². The fourth-order valence-electron chi connectivity index (χ4n) is 4.90. The third-order valence-corrected chi connectivity index (χ3v) is 7.25. The van der Waals surface area contributed by atoms with Crippen molar-refractivity contribution in [2.75, 3.05) is 14.2 Å². The smallest absolute Gasteiger partial charge is 0.289 e. The summed E-state index contributed by atoms with van der Waals surface area (Å²) in [5.41, 5.74) is 2.08. The number of ether oxygens (including phenoxy) is 3. The molecule has 1 heterocycles. The van der Waals surface area contributed by atoms with Gasteiger partial charge < -0.3 is 19.1 Å². The molecule has 208 valence electrons. The van der Waals surface area contributed by atoms with Crippen LogP contribution in [0.1, 0.15) is 41.7 Å². The van der Waals surface area contributed by atoms with E-state index < -0.39 is 29.8 Å². The van der Waals surface area contributed by atoms with Gasteiger partial charge in [0, 0.05) is 17.7 Å². The zero-order valence-electron chi connectivity index (χ0n) is 23.2. The predicted molar refractivity (Wildman–Crippen MR) is 146 cm³/mol. The molecule has 1 aliphatic heterocycles. The summed E-state index contributed by atoms with van der Waals surface area (Å²) in [6, 6.07) is 17.4. The van der Waals surface area contributed by atoms with Crippen LogP contribution in [0, 0.1) is 19.7 Å². The summed E-state index contributed by atoms with van der Waals surface area (Å²) in [6.07, 6.45) is -5.08. The van der Waals surface area contributed by atoms with E-state index in [0.29, 0.717) is 18.0 Å². The molecule has 0 spiro atoms. The second-order valence-electron chi connectivity index (χ2n) is 10.1. The Balaban J connectivity index is 1.85. The van der Waals surface area contributed by atoms with Gasteiger partial charge in [-0.05, 0) is 68.7 Å². The maximum Gasteiger partial charge on any atom is 0.289 e. The standard InChI is InChI=1S/C31H35F3N2O3/c1-19-11-12-23(27(15-19)38-6)18-36(17-22-13-14-24(37-5)16-20(22)2)30-35-31(4,25-9-7-8-10-26(25)33)29(34)28(39-30)21(3)32/h7-16,21,28-29H,17-18H2,1-6H3/t21-,28-,29+,31-/m1/s1. The van der Waals surface area contributed by atoms with Crippen LogP contribution in [0.25, 0.3) is 0 Å². The van der Waals surface area contributed by atoms with Crippen molar-refractivity contribution in [1.29, 1.82) is 0 Å². The summed E-state index contributed by atoms with van der Waals surface area (Å²) in [5.74, 6) is 0.766. The molecular formula is C31H35F3N2O3. The minimum Gasteiger partial charge on any atom is -0.497 e. The van der Waals surface area contributed by atoms with E-state index in [9.17, 15) is 8.78 Å². The number of aliphatic imine (C=N–C) groups is 1. The quantitative estimate of drug-likeness (QED) is 0.314. The van der Waals surface area contributed by atoms with Crippen molar-refractivity contribution in [2.24, 2.45) is 4.99 Å². The van der Waals surface area contributed by atoms with Gasteiger partial charge in [-0.25, -0.2) is 18.2 Å². The number of amidine groups is 1.